The Bertz CT molecular complexity index is 1290. The molecule has 4 aromatic rings. The summed E-state index contributed by atoms with van der Waals surface area (Å²) >= 11 is 0. The number of nitrogens with zero attached hydrogens (tertiary/aromatic N) is 3. The fourth-order valence-electron chi connectivity index (χ4n) is 3.41. The van der Waals surface area contributed by atoms with Gasteiger partial charge in [0.25, 0.3) is 5.91 Å². The van der Waals surface area contributed by atoms with Crippen LogP contribution in [0.15, 0.2) is 88.8 Å². The minimum absolute atomic E-state index is 0.279. The molecule has 0 atom stereocenters. The number of pyridine rings is 1. The van der Waals surface area contributed by atoms with Crippen LogP contribution < -0.4 is 20.3 Å². The van der Waals surface area contributed by atoms with Gasteiger partial charge in [-0.05, 0) is 48.7 Å². The van der Waals surface area contributed by atoms with Gasteiger partial charge in [-0.2, -0.15) is 0 Å². The van der Waals surface area contributed by atoms with E-state index in [1.54, 1.807) is 37.8 Å². The second kappa shape index (κ2) is 10.4. The van der Waals surface area contributed by atoms with E-state index in [1.807, 2.05) is 48.3 Å². The van der Waals surface area contributed by atoms with Gasteiger partial charge in [-0.25, -0.2) is 0 Å². The Labute approximate surface area is 197 Å². The van der Waals surface area contributed by atoms with E-state index >= 15 is 0 Å². The zero-order valence-electron chi connectivity index (χ0n) is 19.0. The summed E-state index contributed by atoms with van der Waals surface area (Å²) in [5.74, 6) is 0.803. The lowest BCUT2D eigenvalue weighted by molar-refractivity contribution is 0.0958. The molecule has 0 saturated carbocycles. The summed E-state index contributed by atoms with van der Waals surface area (Å²) in [7, 11) is 3.52. The minimum Gasteiger partial charge on any atom is -0.472 e. The maximum absolute atomic E-state index is 11.8. The molecule has 2 heterocycles. The minimum atomic E-state index is -0.279. The number of aromatic nitrogens is 1. The van der Waals surface area contributed by atoms with Crippen molar-refractivity contribution >= 4 is 29.7 Å². The molecule has 0 aliphatic heterocycles. The van der Waals surface area contributed by atoms with Crippen LogP contribution in [0.3, 0.4) is 0 Å². The maximum atomic E-state index is 11.8. The zero-order valence-corrected chi connectivity index (χ0v) is 19.0. The Hall–Kier alpha value is -4.59. The van der Waals surface area contributed by atoms with Crippen LogP contribution in [0.4, 0.5) is 17.1 Å². The van der Waals surface area contributed by atoms with Gasteiger partial charge in [-0.1, -0.05) is 12.1 Å². The number of anilines is 2. The lowest BCUT2D eigenvalue weighted by Gasteiger charge is -2.22. The van der Waals surface area contributed by atoms with Crippen molar-refractivity contribution in [3.8, 4) is 22.6 Å². The number of benzene rings is 2. The molecule has 0 spiro atoms. The average molecular weight is 456 g/mol. The van der Waals surface area contributed by atoms with Crippen LogP contribution in [0.5, 0.6) is 11.5 Å². The number of amides is 1. The monoisotopic (exact) mass is 455 g/mol. The Morgan fingerprint density at radius 2 is 1.97 bits per heavy atom. The van der Waals surface area contributed by atoms with Gasteiger partial charge in [-0.15, -0.1) is 0 Å². The van der Waals surface area contributed by atoms with Gasteiger partial charge in [-0.3, -0.25) is 14.8 Å². The summed E-state index contributed by atoms with van der Waals surface area (Å²) in [5, 5.41) is 5.98. The Balaban J connectivity index is 1.45. The van der Waals surface area contributed by atoms with Crippen LogP contribution in [-0.2, 0) is 0 Å². The fraction of sp³-hybridized carbons (Fsp3) is 0.115. The summed E-state index contributed by atoms with van der Waals surface area (Å²) in [5.41, 5.74) is 4.94. The van der Waals surface area contributed by atoms with Gasteiger partial charge in [0, 0.05) is 43.7 Å². The molecule has 0 fully saturated rings. The van der Waals surface area contributed by atoms with Gasteiger partial charge in [0.2, 0.25) is 0 Å². The van der Waals surface area contributed by atoms with Gasteiger partial charge in [0.15, 0.2) is 0 Å². The number of carbonyl (C=O) groups excluding carboxylic acids is 1. The lowest BCUT2D eigenvalue weighted by Crippen LogP contribution is -2.24. The number of aliphatic imine (C=N–C) groups is 1. The van der Waals surface area contributed by atoms with E-state index in [0.29, 0.717) is 23.9 Å². The van der Waals surface area contributed by atoms with Crippen LogP contribution in [0.25, 0.3) is 11.1 Å². The van der Waals surface area contributed by atoms with Gasteiger partial charge >= 0.3 is 0 Å². The predicted octanol–water partition coefficient (Wildman–Crippen LogP) is 5.33. The summed E-state index contributed by atoms with van der Waals surface area (Å²) in [6, 6.07) is 18.9. The molecule has 34 heavy (non-hydrogen) atoms. The van der Waals surface area contributed by atoms with Crippen LogP contribution in [0.1, 0.15) is 10.5 Å². The normalized spacial score (nSPS) is 10.4. The van der Waals surface area contributed by atoms with Crippen molar-refractivity contribution in [3.05, 3.63) is 85.1 Å². The number of hydrogen-bond acceptors (Lipinski definition) is 7. The van der Waals surface area contributed by atoms with E-state index in [4.69, 9.17) is 9.15 Å². The van der Waals surface area contributed by atoms with E-state index in [1.165, 1.54) is 6.20 Å². The summed E-state index contributed by atoms with van der Waals surface area (Å²) in [4.78, 5) is 22.1. The molecule has 0 saturated heterocycles. The number of hydrogen-bond donors (Lipinski definition) is 2. The van der Waals surface area contributed by atoms with Crippen molar-refractivity contribution in [1.29, 1.82) is 0 Å². The standard InChI is InChI=1S/C26H25N5O3/c1-27-23-14-21(34-22-9-11-29-24(15-22)26(32)28-2)7-8-25(23)31(3)17-30-20-6-4-5-18(13-20)19-10-12-33-16-19/h4-16,30H,1,17H2,2-3H3,(H,28,32). The van der Waals surface area contributed by atoms with Crippen molar-refractivity contribution in [1.82, 2.24) is 10.3 Å². The van der Waals surface area contributed by atoms with Crippen LogP contribution >= 0.6 is 0 Å². The molecular weight excluding hydrogens is 430 g/mol. The molecule has 172 valence electrons. The van der Waals surface area contributed by atoms with E-state index in [2.05, 4.69) is 33.4 Å². The summed E-state index contributed by atoms with van der Waals surface area (Å²) < 4.78 is 11.1. The molecule has 0 unspecified atom stereocenters. The van der Waals surface area contributed by atoms with Crippen molar-refractivity contribution in [3.63, 3.8) is 0 Å². The SMILES string of the molecule is C=Nc1cc(Oc2ccnc(C(=O)NC)c2)ccc1N(C)CNc1cccc(-c2ccoc2)c1. The third kappa shape index (κ3) is 5.24. The number of carbonyl (C=O) groups is 1. The first-order valence-electron chi connectivity index (χ1n) is 10.6. The lowest BCUT2D eigenvalue weighted by atomic mass is 10.1. The third-order valence-corrected chi connectivity index (χ3v) is 5.19. The highest BCUT2D eigenvalue weighted by atomic mass is 16.5. The maximum Gasteiger partial charge on any atom is 0.269 e. The topological polar surface area (TPSA) is 92.0 Å². The van der Waals surface area contributed by atoms with Crippen LogP contribution in [-0.4, -0.2) is 38.4 Å². The molecule has 1 amide bonds. The average Bonchev–Trinajstić information content (AvgIpc) is 3.42. The number of nitrogens with one attached hydrogen (secondary N) is 2. The number of furan rings is 1. The molecular formula is C26H25N5O3. The van der Waals surface area contributed by atoms with Crippen molar-refractivity contribution < 1.29 is 13.9 Å². The van der Waals surface area contributed by atoms with E-state index in [-0.39, 0.29) is 11.6 Å². The van der Waals surface area contributed by atoms with Gasteiger partial charge < -0.3 is 24.7 Å². The number of rotatable bonds is 9. The predicted molar refractivity (Wildman–Crippen MR) is 134 cm³/mol. The molecule has 8 heteroatoms. The zero-order chi connectivity index (χ0) is 23.9. The Morgan fingerprint density at radius 3 is 2.74 bits per heavy atom. The van der Waals surface area contributed by atoms with Crippen LogP contribution in [0.2, 0.25) is 0 Å². The second-order valence-corrected chi connectivity index (χ2v) is 7.49. The summed E-state index contributed by atoms with van der Waals surface area (Å²) in [6.07, 6.45) is 4.92. The first kappa shape index (κ1) is 22.6. The number of ether oxygens (including phenoxy) is 1. The third-order valence-electron chi connectivity index (χ3n) is 5.19. The molecule has 0 radical (unpaired) electrons. The first-order chi connectivity index (χ1) is 16.6. The van der Waals surface area contributed by atoms with E-state index in [9.17, 15) is 4.79 Å². The smallest absolute Gasteiger partial charge is 0.269 e. The molecule has 0 aliphatic carbocycles. The summed E-state index contributed by atoms with van der Waals surface area (Å²) in [6.45, 7) is 4.26. The second-order valence-electron chi connectivity index (χ2n) is 7.49. The molecule has 4 rings (SSSR count). The molecule has 0 aliphatic rings. The van der Waals surface area contributed by atoms with E-state index in [0.717, 1.165) is 22.5 Å². The fourth-order valence-corrected chi connectivity index (χ4v) is 3.41. The highest BCUT2D eigenvalue weighted by Gasteiger charge is 2.11. The molecule has 2 aromatic carbocycles. The molecule has 8 nitrogen and oxygen atoms in total. The first-order valence-corrected chi connectivity index (χ1v) is 10.6. The highest BCUT2D eigenvalue weighted by molar-refractivity contribution is 5.92. The molecule has 2 N–H and O–H groups in total. The Kier molecular flexibility index (Phi) is 6.88. The van der Waals surface area contributed by atoms with Crippen molar-refractivity contribution in [2.45, 2.75) is 0 Å². The Morgan fingerprint density at radius 1 is 1.12 bits per heavy atom. The van der Waals surface area contributed by atoms with E-state index < -0.39 is 0 Å². The highest BCUT2D eigenvalue weighted by Crippen LogP contribution is 2.34. The van der Waals surface area contributed by atoms with Gasteiger partial charge in [0.1, 0.15) is 17.2 Å². The molecule has 2 aromatic heterocycles. The molecule has 0 bridgehead atoms. The van der Waals surface area contributed by atoms with Gasteiger partial charge in [0.05, 0.1) is 30.6 Å². The van der Waals surface area contributed by atoms with Crippen LogP contribution in [0, 0.1) is 0 Å². The van der Waals surface area contributed by atoms with Crippen molar-refractivity contribution in [2.24, 2.45) is 4.99 Å². The van der Waals surface area contributed by atoms with Crippen molar-refractivity contribution in [2.75, 3.05) is 31.0 Å². The quantitative estimate of drug-likeness (QED) is 0.262. The largest absolute Gasteiger partial charge is 0.472 e.